The maximum Gasteiger partial charge on any atom is 0.261 e. The predicted molar refractivity (Wildman–Crippen MR) is 111 cm³/mol. The first kappa shape index (κ1) is 17.9. The van der Waals surface area contributed by atoms with Crippen LogP contribution in [-0.2, 0) is 16.8 Å². The lowest BCUT2D eigenvalue weighted by atomic mass is 9.87. The molecule has 4 heteroatoms. The molecular weight excluding hydrogens is 348 g/mol. The number of carbonyl (C=O) groups excluding carboxylic acids is 1. The van der Waals surface area contributed by atoms with Gasteiger partial charge in [-0.1, -0.05) is 72.8 Å². The summed E-state index contributed by atoms with van der Waals surface area (Å²) in [6.45, 7) is 0. The topological polar surface area (TPSA) is 62.2 Å². The minimum Gasteiger partial charge on any atom is -0.375 e. The van der Waals surface area contributed by atoms with Crippen molar-refractivity contribution in [3.8, 4) is 0 Å². The molecule has 3 aromatic carbocycles. The summed E-state index contributed by atoms with van der Waals surface area (Å²) < 4.78 is 0. The van der Waals surface area contributed by atoms with Gasteiger partial charge in [-0.15, -0.1) is 0 Å². The van der Waals surface area contributed by atoms with Crippen molar-refractivity contribution in [2.24, 2.45) is 0 Å². The lowest BCUT2D eigenvalue weighted by molar-refractivity contribution is -0.135. The first-order valence-electron chi connectivity index (χ1n) is 9.14. The third kappa shape index (κ3) is 3.63. The molecule has 0 aliphatic heterocycles. The molecule has 0 aliphatic carbocycles. The summed E-state index contributed by atoms with van der Waals surface area (Å²) in [7, 11) is 0. The van der Waals surface area contributed by atoms with Gasteiger partial charge in [-0.25, -0.2) is 0 Å². The molecule has 0 saturated heterocycles. The maximum absolute atomic E-state index is 13.1. The van der Waals surface area contributed by atoms with Crippen LogP contribution < -0.4 is 5.32 Å². The van der Waals surface area contributed by atoms with Gasteiger partial charge in [0.15, 0.2) is 5.60 Å². The first-order chi connectivity index (χ1) is 13.6. The summed E-state index contributed by atoms with van der Waals surface area (Å²) in [6, 6.07) is 29.7. The van der Waals surface area contributed by atoms with Crippen LogP contribution in [0.25, 0.3) is 10.9 Å². The largest absolute Gasteiger partial charge is 0.375 e. The number of nitrogens with one attached hydrogen (secondary N) is 1. The minimum absolute atomic E-state index is 0.0700. The number of hydrogen-bond acceptors (Lipinski definition) is 3. The Kier molecular flexibility index (Phi) is 4.87. The average molecular weight is 368 g/mol. The average Bonchev–Trinajstić information content (AvgIpc) is 2.75. The van der Waals surface area contributed by atoms with Crippen LogP contribution >= 0.6 is 0 Å². The molecule has 0 unspecified atom stereocenters. The predicted octanol–water partition coefficient (Wildman–Crippen LogP) is 4.30. The number of pyridine rings is 1. The van der Waals surface area contributed by atoms with Crippen LogP contribution in [0, 0.1) is 0 Å². The molecule has 1 aromatic heterocycles. The maximum atomic E-state index is 13.1. The van der Waals surface area contributed by atoms with Crippen molar-refractivity contribution in [3.63, 3.8) is 0 Å². The normalized spacial score (nSPS) is 13.0. The molecule has 1 heterocycles. The van der Waals surface area contributed by atoms with E-state index in [9.17, 15) is 9.90 Å². The molecular formula is C24H20N2O2. The number of anilines is 1. The number of hydrogen-bond donors (Lipinski definition) is 2. The molecule has 138 valence electrons. The number of benzene rings is 3. The summed E-state index contributed by atoms with van der Waals surface area (Å²) in [5.74, 6) is -0.486. The van der Waals surface area contributed by atoms with Gasteiger partial charge in [-0.05, 0) is 29.8 Å². The van der Waals surface area contributed by atoms with E-state index in [-0.39, 0.29) is 6.42 Å². The van der Waals surface area contributed by atoms with E-state index in [0.717, 1.165) is 10.9 Å². The highest BCUT2D eigenvalue weighted by Gasteiger charge is 2.38. The molecule has 4 rings (SSSR count). The molecule has 28 heavy (non-hydrogen) atoms. The number of aromatic nitrogens is 1. The van der Waals surface area contributed by atoms with Crippen LogP contribution in [0.2, 0.25) is 0 Å². The Balaban J connectivity index is 1.71. The van der Waals surface area contributed by atoms with Gasteiger partial charge in [0.1, 0.15) is 0 Å². The number of aliphatic hydroxyl groups is 1. The summed E-state index contributed by atoms with van der Waals surface area (Å²) in [4.78, 5) is 17.7. The van der Waals surface area contributed by atoms with Crippen LogP contribution in [0.5, 0.6) is 0 Å². The molecule has 0 radical (unpaired) electrons. The molecule has 2 N–H and O–H groups in total. The number of fused-ring (bicyclic) bond motifs is 1. The Hall–Kier alpha value is -3.50. The van der Waals surface area contributed by atoms with Crippen LogP contribution in [-0.4, -0.2) is 16.0 Å². The van der Waals surface area contributed by atoms with Gasteiger partial charge >= 0.3 is 0 Å². The van der Waals surface area contributed by atoms with Crippen molar-refractivity contribution in [3.05, 3.63) is 108 Å². The van der Waals surface area contributed by atoms with Gasteiger partial charge in [0.25, 0.3) is 5.91 Å². The molecule has 4 nitrogen and oxygen atoms in total. The van der Waals surface area contributed by atoms with Gasteiger partial charge < -0.3 is 10.4 Å². The Labute approximate surface area is 163 Å². The van der Waals surface area contributed by atoms with Crippen LogP contribution in [0.3, 0.4) is 0 Å². The number of rotatable bonds is 5. The van der Waals surface area contributed by atoms with Crippen molar-refractivity contribution in [1.82, 2.24) is 4.98 Å². The molecule has 4 aromatic rings. The van der Waals surface area contributed by atoms with E-state index in [1.54, 1.807) is 24.3 Å². The highest BCUT2D eigenvalue weighted by molar-refractivity contribution is 5.98. The number of para-hydroxylation sites is 2. The molecule has 1 atom stereocenters. The van der Waals surface area contributed by atoms with E-state index in [1.165, 1.54) is 0 Å². The van der Waals surface area contributed by atoms with E-state index in [2.05, 4.69) is 10.3 Å². The van der Waals surface area contributed by atoms with Crippen molar-refractivity contribution in [2.45, 2.75) is 12.0 Å². The van der Waals surface area contributed by atoms with Crippen molar-refractivity contribution in [1.29, 1.82) is 0 Å². The zero-order chi connectivity index (χ0) is 19.4. The van der Waals surface area contributed by atoms with Crippen molar-refractivity contribution >= 4 is 22.5 Å². The lowest BCUT2D eigenvalue weighted by Gasteiger charge is -2.27. The minimum atomic E-state index is -1.74. The SMILES string of the molecule is O=C(Nc1ccccc1)[C@@](O)(Cc1ccc2ccccc2n1)c1ccccc1. The van der Waals surface area contributed by atoms with Gasteiger partial charge in [0.2, 0.25) is 0 Å². The van der Waals surface area contributed by atoms with Crippen molar-refractivity contribution in [2.75, 3.05) is 5.32 Å². The monoisotopic (exact) mass is 368 g/mol. The second-order valence-electron chi connectivity index (χ2n) is 6.72. The Morgan fingerprint density at radius 1 is 0.821 bits per heavy atom. The lowest BCUT2D eigenvalue weighted by Crippen LogP contribution is -2.42. The van der Waals surface area contributed by atoms with E-state index in [4.69, 9.17) is 0 Å². The second kappa shape index (κ2) is 7.62. The number of carbonyl (C=O) groups is 1. The Bertz CT molecular complexity index is 1100. The highest BCUT2D eigenvalue weighted by Crippen LogP contribution is 2.28. The fourth-order valence-corrected chi connectivity index (χ4v) is 3.25. The van der Waals surface area contributed by atoms with E-state index >= 15 is 0 Å². The highest BCUT2D eigenvalue weighted by atomic mass is 16.3. The van der Waals surface area contributed by atoms with Gasteiger partial charge in [0, 0.05) is 23.2 Å². The molecule has 0 saturated carbocycles. The van der Waals surface area contributed by atoms with Crippen LogP contribution in [0.1, 0.15) is 11.3 Å². The van der Waals surface area contributed by atoms with E-state index in [1.807, 2.05) is 72.8 Å². The van der Waals surface area contributed by atoms with Gasteiger partial charge in [-0.2, -0.15) is 0 Å². The fourth-order valence-electron chi connectivity index (χ4n) is 3.25. The summed E-state index contributed by atoms with van der Waals surface area (Å²) >= 11 is 0. The summed E-state index contributed by atoms with van der Waals surface area (Å²) in [5.41, 5.74) is 0.894. The third-order valence-electron chi connectivity index (χ3n) is 4.75. The first-order valence-corrected chi connectivity index (χ1v) is 9.14. The molecule has 0 fully saturated rings. The summed E-state index contributed by atoms with van der Waals surface area (Å²) in [6.07, 6.45) is 0.0700. The quantitative estimate of drug-likeness (QED) is 0.552. The molecule has 1 amide bonds. The molecule has 0 aliphatic rings. The van der Waals surface area contributed by atoms with Gasteiger partial charge in [0.05, 0.1) is 5.52 Å². The van der Waals surface area contributed by atoms with Crippen LogP contribution in [0.4, 0.5) is 5.69 Å². The van der Waals surface area contributed by atoms with E-state index in [0.29, 0.717) is 16.9 Å². The van der Waals surface area contributed by atoms with Gasteiger partial charge in [-0.3, -0.25) is 9.78 Å². The number of amides is 1. The smallest absolute Gasteiger partial charge is 0.261 e. The van der Waals surface area contributed by atoms with E-state index < -0.39 is 11.5 Å². The second-order valence-corrected chi connectivity index (χ2v) is 6.72. The number of nitrogens with zero attached hydrogens (tertiary/aromatic N) is 1. The molecule has 0 spiro atoms. The Morgan fingerprint density at radius 2 is 1.46 bits per heavy atom. The summed E-state index contributed by atoms with van der Waals surface area (Å²) in [5, 5.41) is 15.3. The zero-order valence-electron chi connectivity index (χ0n) is 15.2. The Morgan fingerprint density at radius 3 is 2.21 bits per heavy atom. The third-order valence-corrected chi connectivity index (χ3v) is 4.75. The standard InChI is InChI=1S/C24H20N2O2/c27-23(26-20-12-5-2-6-13-20)24(28,19-10-3-1-4-11-19)17-21-16-15-18-9-7-8-14-22(18)25-21/h1-16,28H,17H2,(H,26,27)/t24-/m1/s1. The zero-order valence-corrected chi connectivity index (χ0v) is 15.2. The molecule has 0 bridgehead atoms. The van der Waals surface area contributed by atoms with Crippen molar-refractivity contribution < 1.29 is 9.90 Å². The van der Waals surface area contributed by atoms with Crippen LogP contribution in [0.15, 0.2) is 97.1 Å². The fraction of sp³-hybridized carbons (Fsp3) is 0.0833.